The Bertz CT molecular complexity index is 1340. The number of fused-ring (bicyclic) bond motifs is 1. The number of carbonyl (C=O) groups excluding carboxylic acids is 1. The lowest BCUT2D eigenvalue weighted by atomic mass is 10.1. The fourth-order valence-corrected chi connectivity index (χ4v) is 5.10. The van der Waals surface area contributed by atoms with Gasteiger partial charge in [-0.25, -0.2) is 0 Å². The number of thioether (sulfide) groups is 1. The molecule has 0 atom stereocenters. The molecular weight excluding hydrogens is 504 g/mol. The van der Waals surface area contributed by atoms with Crippen molar-refractivity contribution >= 4 is 51.8 Å². The van der Waals surface area contributed by atoms with Gasteiger partial charge < -0.3 is 9.88 Å². The lowest BCUT2D eigenvalue weighted by molar-refractivity contribution is -0.137. The Kier molecular flexibility index (Phi) is 7.45. The van der Waals surface area contributed by atoms with Gasteiger partial charge in [-0.05, 0) is 35.9 Å². The molecule has 1 aromatic heterocycles. The maximum atomic E-state index is 13.0. The third-order valence-corrected chi connectivity index (χ3v) is 6.88. The lowest BCUT2D eigenvalue weighted by Crippen LogP contribution is -2.27. The molecule has 4 aromatic rings. The molecule has 3 aromatic carbocycles. The maximum Gasteiger partial charge on any atom is 0.416 e. The SMILES string of the molecule is O=C(NCCn1cc(SCc2cccc(C(F)(F)F)c2)c2ccccc21)c1ccc(Cl)cc1Cl. The van der Waals surface area contributed by atoms with Crippen molar-refractivity contribution in [3.8, 4) is 0 Å². The van der Waals surface area contributed by atoms with Crippen LogP contribution < -0.4 is 5.32 Å². The highest BCUT2D eigenvalue weighted by Crippen LogP contribution is 2.34. The quantitative estimate of drug-likeness (QED) is 0.252. The normalized spacial score (nSPS) is 11.7. The van der Waals surface area contributed by atoms with Gasteiger partial charge in [0, 0.05) is 45.9 Å². The van der Waals surface area contributed by atoms with Gasteiger partial charge in [-0.1, -0.05) is 59.6 Å². The number of benzene rings is 3. The van der Waals surface area contributed by atoms with Crippen molar-refractivity contribution in [2.45, 2.75) is 23.4 Å². The molecular formula is C25H19Cl2F3N2OS. The summed E-state index contributed by atoms with van der Waals surface area (Å²) in [6, 6.07) is 17.9. The van der Waals surface area contributed by atoms with Crippen molar-refractivity contribution in [2.75, 3.05) is 6.54 Å². The van der Waals surface area contributed by atoms with Gasteiger partial charge in [-0.2, -0.15) is 13.2 Å². The molecule has 9 heteroatoms. The number of aromatic nitrogens is 1. The molecule has 1 N–H and O–H groups in total. The number of halogens is 5. The number of nitrogens with one attached hydrogen (secondary N) is 1. The van der Waals surface area contributed by atoms with Crippen LogP contribution in [0.1, 0.15) is 21.5 Å². The predicted octanol–water partition coefficient (Wildman–Crippen LogP) is 7.69. The standard InChI is InChI=1S/C25H19Cl2F3N2OS/c26-18-8-9-19(21(27)13-18)24(33)31-10-11-32-14-23(20-6-1-2-7-22(20)32)34-15-16-4-3-5-17(12-16)25(28,29)30/h1-9,12-14H,10-11,15H2,(H,31,33). The fraction of sp³-hybridized carbons (Fsp3) is 0.160. The second-order valence-corrected chi connectivity index (χ2v) is 9.43. The zero-order valence-electron chi connectivity index (χ0n) is 17.7. The second kappa shape index (κ2) is 10.3. The molecule has 0 saturated carbocycles. The van der Waals surface area contributed by atoms with Gasteiger partial charge in [0.2, 0.25) is 0 Å². The van der Waals surface area contributed by atoms with Gasteiger partial charge in [0.1, 0.15) is 0 Å². The van der Waals surface area contributed by atoms with Crippen LogP contribution in [0.5, 0.6) is 0 Å². The van der Waals surface area contributed by atoms with Gasteiger partial charge in [0.25, 0.3) is 5.91 Å². The largest absolute Gasteiger partial charge is 0.416 e. The van der Waals surface area contributed by atoms with Crippen molar-refractivity contribution in [1.82, 2.24) is 9.88 Å². The van der Waals surface area contributed by atoms with E-state index in [0.29, 0.717) is 35.0 Å². The van der Waals surface area contributed by atoms with Crippen LogP contribution in [-0.4, -0.2) is 17.0 Å². The summed E-state index contributed by atoms with van der Waals surface area (Å²) < 4.78 is 41.1. The lowest BCUT2D eigenvalue weighted by Gasteiger charge is -2.09. The molecule has 0 aliphatic heterocycles. The molecule has 34 heavy (non-hydrogen) atoms. The first-order valence-electron chi connectivity index (χ1n) is 10.3. The second-order valence-electron chi connectivity index (χ2n) is 7.57. The molecule has 4 rings (SSSR count). The molecule has 0 fully saturated rings. The predicted molar refractivity (Wildman–Crippen MR) is 132 cm³/mol. The van der Waals surface area contributed by atoms with E-state index in [1.165, 1.54) is 30.0 Å². The van der Waals surface area contributed by atoms with Crippen molar-refractivity contribution in [2.24, 2.45) is 0 Å². The number of rotatable bonds is 7. The van der Waals surface area contributed by atoms with Crippen molar-refractivity contribution in [3.05, 3.63) is 99.7 Å². The van der Waals surface area contributed by atoms with Gasteiger partial charge >= 0.3 is 6.18 Å². The molecule has 0 aliphatic rings. The molecule has 0 spiro atoms. The van der Waals surface area contributed by atoms with Crippen LogP contribution in [0.15, 0.2) is 77.8 Å². The van der Waals surface area contributed by atoms with Crippen LogP contribution in [0.3, 0.4) is 0 Å². The van der Waals surface area contributed by atoms with Crippen LogP contribution >= 0.6 is 35.0 Å². The van der Waals surface area contributed by atoms with Crippen molar-refractivity contribution < 1.29 is 18.0 Å². The van der Waals surface area contributed by atoms with E-state index in [0.717, 1.165) is 21.9 Å². The topological polar surface area (TPSA) is 34.0 Å². The first kappa shape index (κ1) is 24.5. The van der Waals surface area contributed by atoms with Crippen LogP contribution in [-0.2, 0) is 18.5 Å². The van der Waals surface area contributed by atoms with Gasteiger partial charge in [0.15, 0.2) is 0 Å². The summed E-state index contributed by atoms with van der Waals surface area (Å²) in [5, 5.41) is 4.60. The van der Waals surface area contributed by atoms with E-state index in [-0.39, 0.29) is 10.9 Å². The van der Waals surface area contributed by atoms with E-state index in [1.807, 2.05) is 35.0 Å². The molecule has 1 amide bonds. The van der Waals surface area contributed by atoms with Crippen LogP contribution in [0.4, 0.5) is 13.2 Å². The zero-order chi connectivity index (χ0) is 24.3. The minimum Gasteiger partial charge on any atom is -0.350 e. The Morgan fingerprint density at radius 2 is 1.79 bits per heavy atom. The van der Waals surface area contributed by atoms with Gasteiger partial charge in [-0.3, -0.25) is 4.79 Å². The first-order chi connectivity index (χ1) is 16.2. The van der Waals surface area contributed by atoms with E-state index in [1.54, 1.807) is 18.2 Å². The number of alkyl halides is 3. The molecule has 0 bridgehead atoms. The average Bonchev–Trinajstić information content (AvgIpc) is 3.15. The van der Waals surface area contributed by atoms with E-state index in [4.69, 9.17) is 23.2 Å². The Labute approximate surface area is 208 Å². The number of hydrogen-bond acceptors (Lipinski definition) is 2. The molecule has 3 nitrogen and oxygen atoms in total. The monoisotopic (exact) mass is 522 g/mol. The number of carbonyl (C=O) groups is 1. The molecule has 0 unspecified atom stereocenters. The Hall–Kier alpha value is -2.61. The molecule has 1 heterocycles. The zero-order valence-corrected chi connectivity index (χ0v) is 20.0. The minimum absolute atomic E-state index is 0.282. The summed E-state index contributed by atoms with van der Waals surface area (Å²) in [6.45, 7) is 0.885. The summed E-state index contributed by atoms with van der Waals surface area (Å²) in [5.41, 5.74) is 1.28. The third kappa shape index (κ3) is 5.71. The summed E-state index contributed by atoms with van der Waals surface area (Å²) >= 11 is 13.5. The van der Waals surface area contributed by atoms with Crippen molar-refractivity contribution in [1.29, 1.82) is 0 Å². The van der Waals surface area contributed by atoms with E-state index >= 15 is 0 Å². The fourth-order valence-electron chi connectivity index (χ4n) is 3.57. The molecule has 0 aliphatic carbocycles. The van der Waals surface area contributed by atoms with E-state index in [2.05, 4.69) is 5.32 Å². The molecule has 0 saturated heterocycles. The molecule has 0 radical (unpaired) electrons. The number of hydrogen-bond donors (Lipinski definition) is 1. The summed E-state index contributed by atoms with van der Waals surface area (Å²) in [4.78, 5) is 13.4. The summed E-state index contributed by atoms with van der Waals surface area (Å²) in [6.07, 6.45) is -2.40. The average molecular weight is 523 g/mol. The van der Waals surface area contributed by atoms with E-state index < -0.39 is 11.7 Å². The van der Waals surface area contributed by atoms with Crippen LogP contribution in [0.2, 0.25) is 10.0 Å². The highest BCUT2D eigenvalue weighted by molar-refractivity contribution is 7.98. The van der Waals surface area contributed by atoms with Gasteiger partial charge in [-0.15, -0.1) is 11.8 Å². The van der Waals surface area contributed by atoms with E-state index in [9.17, 15) is 18.0 Å². The van der Waals surface area contributed by atoms with Gasteiger partial charge in [0.05, 0.1) is 16.1 Å². The smallest absolute Gasteiger partial charge is 0.350 e. The third-order valence-electron chi connectivity index (χ3n) is 5.21. The minimum atomic E-state index is -4.36. The van der Waals surface area contributed by atoms with Crippen LogP contribution in [0.25, 0.3) is 10.9 Å². The summed E-state index contributed by atoms with van der Waals surface area (Å²) in [7, 11) is 0. The Morgan fingerprint density at radius 3 is 2.56 bits per heavy atom. The first-order valence-corrected chi connectivity index (χ1v) is 12.1. The highest BCUT2D eigenvalue weighted by Gasteiger charge is 2.30. The summed E-state index contributed by atoms with van der Waals surface area (Å²) in [5.74, 6) is 0.112. The number of nitrogens with zero attached hydrogens (tertiary/aromatic N) is 1. The molecule has 176 valence electrons. The maximum absolute atomic E-state index is 13.0. The Balaban J connectivity index is 1.45. The highest BCUT2D eigenvalue weighted by atomic mass is 35.5. The Morgan fingerprint density at radius 1 is 1.00 bits per heavy atom. The van der Waals surface area contributed by atoms with Crippen molar-refractivity contribution in [3.63, 3.8) is 0 Å². The number of amides is 1. The van der Waals surface area contributed by atoms with Crippen LogP contribution in [0, 0.1) is 0 Å². The number of para-hydroxylation sites is 1.